The van der Waals surface area contributed by atoms with Crippen LogP contribution in [0.5, 0.6) is 0 Å². The van der Waals surface area contributed by atoms with Gasteiger partial charge in [0.1, 0.15) is 0 Å². The lowest BCUT2D eigenvalue weighted by Crippen LogP contribution is -2.41. The van der Waals surface area contributed by atoms with Gasteiger partial charge < -0.3 is 5.11 Å². The summed E-state index contributed by atoms with van der Waals surface area (Å²) in [7, 11) is 0. The molecule has 1 saturated heterocycles. The Morgan fingerprint density at radius 3 is 2.76 bits per heavy atom. The minimum absolute atomic E-state index is 0.344. The Morgan fingerprint density at radius 2 is 2.06 bits per heavy atom. The number of nitrogens with zero attached hydrogens (tertiary/aromatic N) is 1. The Bertz CT molecular complexity index is 325. The maximum absolute atomic E-state index is 10.2. The van der Waals surface area contributed by atoms with Gasteiger partial charge in [-0.1, -0.05) is 43.7 Å². The lowest BCUT2D eigenvalue weighted by molar-refractivity contribution is 0.0656. The Labute approximate surface area is 104 Å². The fourth-order valence-corrected chi connectivity index (χ4v) is 2.77. The first kappa shape index (κ1) is 12.6. The number of likely N-dealkylation sites (tertiary alicyclic amines) is 1. The highest BCUT2D eigenvalue weighted by atomic mass is 16.3. The van der Waals surface area contributed by atoms with Gasteiger partial charge in [0.2, 0.25) is 0 Å². The third kappa shape index (κ3) is 3.30. The monoisotopic (exact) mass is 233 g/mol. The fraction of sp³-hybridized carbons (Fsp3) is 0.600. The van der Waals surface area contributed by atoms with Crippen molar-refractivity contribution in [2.45, 2.75) is 44.8 Å². The molecule has 0 saturated carbocycles. The summed E-state index contributed by atoms with van der Waals surface area (Å²) in [6, 6.07) is 10.7. The zero-order valence-electron chi connectivity index (χ0n) is 10.7. The van der Waals surface area contributed by atoms with Crippen molar-refractivity contribution in [2.24, 2.45) is 0 Å². The minimum Gasteiger partial charge on any atom is -0.387 e. The molecular weight excluding hydrogens is 210 g/mol. The molecule has 1 fully saturated rings. The number of hydrogen-bond donors (Lipinski definition) is 1. The smallest absolute Gasteiger partial charge is 0.0917 e. The topological polar surface area (TPSA) is 23.5 Å². The first-order chi connectivity index (χ1) is 8.31. The third-order valence-electron chi connectivity index (χ3n) is 3.81. The van der Waals surface area contributed by atoms with E-state index in [-0.39, 0.29) is 6.10 Å². The normalized spacial score (nSPS) is 23.5. The van der Waals surface area contributed by atoms with Gasteiger partial charge in [-0.15, -0.1) is 0 Å². The van der Waals surface area contributed by atoms with Crippen LogP contribution in [0.1, 0.15) is 44.3 Å². The Kier molecular flexibility index (Phi) is 4.57. The maximum Gasteiger partial charge on any atom is 0.0917 e. The first-order valence-electron chi connectivity index (χ1n) is 6.78. The average Bonchev–Trinajstić information content (AvgIpc) is 2.40. The number of piperidine rings is 1. The van der Waals surface area contributed by atoms with Gasteiger partial charge in [0.15, 0.2) is 0 Å². The van der Waals surface area contributed by atoms with Gasteiger partial charge in [-0.2, -0.15) is 0 Å². The zero-order valence-corrected chi connectivity index (χ0v) is 10.7. The highest BCUT2D eigenvalue weighted by molar-refractivity contribution is 5.17. The van der Waals surface area contributed by atoms with Crippen LogP contribution in [0.2, 0.25) is 0 Å². The van der Waals surface area contributed by atoms with Crippen LogP contribution < -0.4 is 0 Å². The Hall–Kier alpha value is -0.860. The van der Waals surface area contributed by atoms with Crippen LogP contribution in [0.15, 0.2) is 30.3 Å². The highest BCUT2D eigenvalue weighted by Gasteiger charge is 2.23. The van der Waals surface area contributed by atoms with E-state index >= 15 is 0 Å². The molecule has 2 atom stereocenters. The second-order valence-corrected chi connectivity index (χ2v) is 4.98. The van der Waals surface area contributed by atoms with E-state index in [1.807, 2.05) is 30.3 Å². The van der Waals surface area contributed by atoms with Crippen molar-refractivity contribution >= 4 is 0 Å². The molecule has 2 unspecified atom stereocenters. The van der Waals surface area contributed by atoms with E-state index in [4.69, 9.17) is 0 Å². The fourth-order valence-electron chi connectivity index (χ4n) is 2.77. The molecule has 0 bridgehead atoms. The molecule has 1 heterocycles. The summed E-state index contributed by atoms with van der Waals surface area (Å²) in [6.45, 7) is 4.17. The second-order valence-electron chi connectivity index (χ2n) is 4.98. The predicted octanol–water partition coefficient (Wildman–Crippen LogP) is 2.98. The molecule has 0 radical (unpaired) electrons. The average molecular weight is 233 g/mol. The van der Waals surface area contributed by atoms with Gasteiger partial charge >= 0.3 is 0 Å². The van der Waals surface area contributed by atoms with Crippen molar-refractivity contribution in [1.82, 2.24) is 4.90 Å². The van der Waals surface area contributed by atoms with Crippen LogP contribution in [0, 0.1) is 0 Å². The van der Waals surface area contributed by atoms with Crippen molar-refractivity contribution in [3.63, 3.8) is 0 Å². The standard InChI is InChI=1S/C15H23NO/c1-2-14-10-6-7-11-16(14)12-15(17)13-8-4-3-5-9-13/h3-5,8-9,14-15,17H,2,6-7,10-12H2,1H3. The molecule has 0 aromatic heterocycles. The van der Waals surface area contributed by atoms with E-state index in [0.29, 0.717) is 6.04 Å². The molecule has 2 rings (SSSR count). The molecule has 0 spiro atoms. The molecule has 1 aliphatic heterocycles. The third-order valence-corrected chi connectivity index (χ3v) is 3.81. The number of aliphatic hydroxyl groups is 1. The summed E-state index contributed by atoms with van der Waals surface area (Å²) in [5.74, 6) is 0. The highest BCUT2D eigenvalue weighted by Crippen LogP contribution is 2.23. The molecule has 1 N–H and O–H groups in total. The quantitative estimate of drug-likeness (QED) is 0.864. The number of β-amino-alcohol motifs (C(OH)–C–C–N with tert-alkyl or cyclic N) is 1. The van der Waals surface area contributed by atoms with Crippen molar-refractivity contribution < 1.29 is 5.11 Å². The summed E-state index contributed by atoms with van der Waals surface area (Å²) in [6.07, 6.45) is 4.76. The summed E-state index contributed by atoms with van der Waals surface area (Å²) in [5, 5.41) is 10.2. The SMILES string of the molecule is CCC1CCCCN1CC(O)c1ccccc1. The predicted molar refractivity (Wildman–Crippen MR) is 70.9 cm³/mol. The van der Waals surface area contributed by atoms with Crippen LogP contribution in [0.3, 0.4) is 0 Å². The van der Waals surface area contributed by atoms with E-state index in [2.05, 4.69) is 11.8 Å². The molecule has 1 aliphatic rings. The van der Waals surface area contributed by atoms with E-state index in [1.54, 1.807) is 0 Å². The van der Waals surface area contributed by atoms with Gasteiger partial charge in [0.05, 0.1) is 6.10 Å². The van der Waals surface area contributed by atoms with E-state index in [0.717, 1.165) is 18.7 Å². The molecule has 0 aliphatic carbocycles. The minimum atomic E-state index is -0.344. The van der Waals surface area contributed by atoms with Crippen LogP contribution in [-0.2, 0) is 0 Å². The number of rotatable bonds is 4. The number of benzene rings is 1. The largest absolute Gasteiger partial charge is 0.387 e. The summed E-state index contributed by atoms with van der Waals surface area (Å²) >= 11 is 0. The van der Waals surface area contributed by atoms with Crippen molar-refractivity contribution in [3.8, 4) is 0 Å². The number of hydrogen-bond acceptors (Lipinski definition) is 2. The van der Waals surface area contributed by atoms with Gasteiger partial charge in [0, 0.05) is 12.6 Å². The van der Waals surface area contributed by atoms with Gasteiger partial charge in [-0.05, 0) is 31.4 Å². The van der Waals surface area contributed by atoms with Crippen LogP contribution in [0.4, 0.5) is 0 Å². The van der Waals surface area contributed by atoms with Crippen molar-refractivity contribution in [3.05, 3.63) is 35.9 Å². The van der Waals surface area contributed by atoms with Crippen LogP contribution in [-0.4, -0.2) is 29.1 Å². The lowest BCUT2D eigenvalue weighted by Gasteiger charge is -2.36. The van der Waals surface area contributed by atoms with E-state index in [9.17, 15) is 5.11 Å². The number of aliphatic hydroxyl groups excluding tert-OH is 1. The summed E-state index contributed by atoms with van der Waals surface area (Å²) in [4.78, 5) is 2.46. The summed E-state index contributed by atoms with van der Waals surface area (Å²) < 4.78 is 0. The van der Waals surface area contributed by atoms with E-state index < -0.39 is 0 Å². The van der Waals surface area contributed by atoms with Crippen molar-refractivity contribution in [1.29, 1.82) is 0 Å². The molecule has 17 heavy (non-hydrogen) atoms. The molecule has 94 valence electrons. The Balaban J connectivity index is 1.95. The molecule has 2 nitrogen and oxygen atoms in total. The lowest BCUT2D eigenvalue weighted by atomic mass is 9.98. The maximum atomic E-state index is 10.2. The summed E-state index contributed by atoms with van der Waals surface area (Å²) in [5.41, 5.74) is 1.04. The van der Waals surface area contributed by atoms with Crippen LogP contribution in [0.25, 0.3) is 0 Å². The first-order valence-corrected chi connectivity index (χ1v) is 6.78. The van der Waals surface area contributed by atoms with Crippen molar-refractivity contribution in [2.75, 3.05) is 13.1 Å². The van der Waals surface area contributed by atoms with Gasteiger partial charge in [-0.25, -0.2) is 0 Å². The van der Waals surface area contributed by atoms with Gasteiger partial charge in [-0.3, -0.25) is 4.90 Å². The molecule has 1 aromatic carbocycles. The van der Waals surface area contributed by atoms with E-state index in [1.165, 1.54) is 25.7 Å². The molecule has 1 aromatic rings. The Morgan fingerprint density at radius 1 is 1.29 bits per heavy atom. The molecule has 0 amide bonds. The second kappa shape index (κ2) is 6.18. The zero-order chi connectivity index (χ0) is 12.1. The van der Waals surface area contributed by atoms with Gasteiger partial charge in [0.25, 0.3) is 0 Å². The van der Waals surface area contributed by atoms with Crippen LogP contribution >= 0.6 is 0 Å². The molecular formula is C15H23NO. The molecule has 2 heteroatoms.